The minimum absolute atomic E-state index is 0.0391. The van der Waals surface area contributed by atoms with Crippen LogP contribution in [0.5, 0.6) is 0 Å². The Bertz CT molecular complexity index is 628. The lowest BCUT2D eigenvalue weighted by Gasteiger charge is -2.60. The zero-order valence-electron chi connectivity index (χ0n) is 22.4. The summed E-state index contributed by atoms with van der Waals surface area (Å²) in [6.07, 6.45) is 7.44. The van der Waals surface area contributed by atoms with E-state index >= 15 is 0 Å². The molecule has 0 aromatic heterocycles. The highest BCUT2D eigenvalue weighted by Gasteiger charge is 2.66. The predicted molar refractivity (Wildman–Crippen MR) is 137 cm³/mol. The summed E-state index contributed by atoms with van der Waals surface area (Å²) in [5.41, 5.74) is 0.289. The number of fused-ring (bicyclic) bond motifs is 1. The molecule has 176 valence electrons. The topological polar surface area (TPSA) is 18.5 Å². The first-order valence-electron chi connectivity index (χ1n) is 12.3. The molecule has 2 nitrogen and oxygen atoms in total. The number of hydrogen-bond donors (Lipinski definition) is 0. The van der Waals surface area contributed by atoms with Crippen molar-refractivity contribution in [2.75, 3.05) is 6.61 Å². The largest absolute Gasteiger partial charge is 0.416 e. The average molecular weight is 453 g/mol. The molecule has 2 aliphatic rings. The Labute approximate surface area is 190 Å². The fourth-order valence-electron chi connectivity index (χ4n) is 5.56. The van der Waals surface area contributed by atoms with Crippen LogP contribution in [-0.4, -0.2) is 29.3 Å². The van der Waals surface area contributed by atoms with Gasteiger partial charge in [-0.25, -0.2) is 0 Å². The Balaban J connectivity index is 2.54. The van der Waals surface area contributed by atoms with E-state index in [-0.39, 0.29) is 27.0 Å². The summed E-state index contributed by atoms with van der Waals surface area (Å²) in [4.78, 5) is 0. The van der Waals surface area contributed by atoms with Crippen LogP contribution in [0.3, 0.4) is 0 Å². The van der Waals surface area contributed by atoms with Gasteiger partial charge in [-0.05, 0) is 79.2 Å². The monoisotopic (exact) mass is 452 g/mol. The van der Waals surface area contributed by atoms with E-state index < -0.39 is 16.6 Å². The molecule has 0 aliphatic heterocycles. The van der Waals surface area contributed by atoms with Crippen molar-refractivity contribution in [2.45, 2.75) is 123 Å². The van der Waals surface area contributed by atoms with Crippen LogP contribution >= 0.6 is 0 Å². The van der Waals surface area contributed by atoms with E-state index in [1.165, 1.54) is 19.3 Å². The third-order valence-corrected chi connectivity index (χ3v) is 19.2. The van der Waals surface area contributed by atoms with Gasteiger partial charge in [0.15, 0.2) is 16.6 Å². The fraction of sp³-hybridized carbons (Fsp3) is 0.923. The van der Waals surface area contributed by atoms with Gasteiger partial charge in [-0.2, -0.15) is 0 Å². The summed E-state index contributed by atoms with van der Waals surface area (Å²) in [6.45, 7) is 34.0. The van der Waals surface area contributed by atoms with Crippen LogP contribution in [0.4, 0.5) is 0 Å². The van der Waals surface area contributed by atoms with Crippen LogP contribution in [0.2, 0.25) is 36.3 Å². The molecule has 30 heavy (non-hydrogen) atoms. The van der Waals surface area contributed by atoms with E-state index in [4.69, 9.17) is 8.85 Å². The predicted octanol–water partition coefficient (Wildman–Crippen LogP) is 8.42. The zero-order valence-corrected chi connectivity index (χ0v) is 24.4. The Morgan fingerprint density at radius 1 is 0.933 bits per heavy atom. The maximum absolute atomic E-state index is 7.28. The van der Waals surface area contributed by atoms with Crippen molar-refractivity contribution in [3.8, 4) is 0 Å². The molecule has 0 heterocycles. The molecule has 2 rings (SSSR count). The molecule has 0 aromatic carbocycles. The quantitative estimate of drug-likeness (QED) is 0.297. The molecule has 0 amide bonds. The summed E-state index contributed by atoms with van der Waals surface area (Å²) in [6, 6.07) is 0. The van der Waals surface area contributed by atoms with Gasteiger partial charge < -0.3 is 8.85 Å². The minimum atomic E-state index is -1.89. The van der Waals surface area contributed by atoms with Crippen LogP contribution < -0.4 is 0 Å². The fourth-order valence-corrected chi connectivity index (χ4v) is 7.99. The Morgan fingerprint density at radius 2 is 1.47 bits per heavy atom. The van der Waals surface area contributed by atoms with Crippen molar-refractivity contribution in [1.82, 2.24) is 0 Å². The molecule has 2 saturated carbocycles. The Hall–Kier alpha value is 0.0938. The Kier molecular flexibility index (Phi) is 7.15. The highest BCUT2D eigenvalue weighted by Crippen LogP contribution is 2.67. The van der Waals surface area contributed by atoms with Crippen molar-refractivity contribution in [1.29, 1.82) is 0 Å². The first-order valence-corrected chi connectivity index (χ1v) is 18.1. The van der Waals surface area contributed by atoms with E-state index in [0.29, 0.717) is 11.8 Å². The third kappa shape index (κ3) is 4.20. The lowest BCUT2D eigenvalue weighted by Crippen LogP contribution is -2.62. The molecule has 2 aliphatic carbocycles. The lowest BCUT2D eigenvalue weighted by molar-refractivity contribution is -0.143. The van der Waals surface area contributed by atoms with Gasteiger partial charge in [0.2, 0.25) is 0 Å². The van der Waals surface area contributed by atoms with Gasteiger partial charge in [-0.1, -0.05) is 61.5 Å². The molecular formula is C26H52O2Si2. The van der Waals surface area contributed by atoms with E-state index in [0.717, 1.165) is 13.0 Å². The summed E-state index contributed by atoms with van der Waals surface area (Å²) >= 11 is 0. The highest BCUT2D eigenvalue weighted by atomic mass is 28.4. The van der Waals surface area contributed by atoms with Gasteiger partial charge in [0.1, 0.15) is 0 Å². The third-order valence-electron chi connectivity index (χ3n) is 10.2. The number of allylic oxidation sites excluding steroid dienone is 1. The molecule has 0 N–H and O–H groups in total. The zero-order chi connectivity index (χ0) is 23.4. The average Bonchev–Trinajstić information content (AvgIpc) is 2.88. The highest BCUT2D eigenvalue weighted by molar-refractivity contribution is 6.74. The molecule has 0 saturated heterocycles. The lowest BCUT2D eigenvalue weighted by atomic mass is 9.51. The first kappa shape index (κ1) is 26.3. The van der Waals surface area contributed by atoms with Gasteiger partial charge in [-0.3, -0.25) is 0 Å². The SMILES string of the molecule is C=C[C@@H]1CC[C@]2(C)[C@@H](C)CC[C@H](O[Si](C)(C)C(C)(C)C)[C@]12CO[Si](C)(C)C(C)(C)C. The molecule has 5 atom stereocenters. The summed E-state index contributed by atoms with van der Waals surface area (Å²) in [7, 11) is -3.74. The van der Waals surface area contributed by atoms with Gasteiger partial charge in [0.05, 0.1) is 6.10 Å². The molecule has 2 fully saturated rings. The van der Waals surface area contributed by atoms with E-state index in [1.807, 2.05) is 0 Å². The second kappa shape index (κ2) is 8.15. The van der Waals surface area contributed by atoms with Crippen LogP contribution in [0.15, 0.2) is 12.7 Å². The van der Waals surface area contributed by atoms with Crippen molar-refractivity contribution < 1.29 is 8.85 Å². The maximum Gasteiger partial charge on any atom is 0.192 e. The minimum Gasteiger partial charge on any atom is -0.416 e. The van der Waals surface area contributed by atoms with Crippen LogP contribution in [-0.2, 0) is 8.85 Å². The van der Waals surface area contributed by atoms with Crippen molar-refractivity contribution >= 4 is 16.6 Å². The van der Waals surface area contributed by atoms with Crippen LogP contribution in [0.1, 0.15) is 81.1 Å². The molecule has 0 bridgehead atoms. The van der Waals surface area contributed by atoms with Gasteiger partial charge in [0, 0.05) is 12.0 Å². The number of rotatable bonds is 6. The van der Waals surface area contributed by atoms with E-state index in [1.54, 1.807) is 0 Å². The van der Waals surface area contributed by atoms with E-state index in [2.05, 4.69) is 94.2 Å². The smallest absolute Gasteiger partial charge is 0.192 e. The number of hydrogen-bond acceptors (Lipinski definition) is 2. The van der Waals surface area contributed by atoms with Gasteiger partial charge in [-0.15, -0.1) is 6.58 Å². The molecule has 0 unspecified atom stereocenters. The molecule has 0 aromatic rings. The van der Waals surface area contributed by atoms with Gasteiger partial charge >= 0.3 is 0 Å². The summed E-state index contributed by atoms with van der Waals surface area (Å²) < 4.78 is 14.3. The van der Waals surface area contributed by atoms with E-state index in [9.17, 15) is 0 Å². The standard InChI is InChI=1S/C26H52O2Si2/c1-14-21-17-18-25(9)20(2)15-16-22(28-30(12,13)24(6,7)8)26(21,25)19-27-29(10,11)23(3,4)5/h14,20-22H,1,15-19H2,2-13H3/t20-,21+,22-,25+,26-/m0/s1. The summed E-state index contributed by atoms with van der Waals surface area (Å²) in [5, 5.41) is 0.439. The van der Waals surface area contributed by atoms with Gasteiger partial charge in [0.25, 0.3) is 0 Å². The second-order valence-electron chi connectivity index (χ2n) is 13.7. The maximum atomic E-state index is 7.28. The summed E-state index contributed by atoms with van der Waals surface area (Å²) in [5.74, 6) is 1.18. The van der Waals surface area contributed by atoms with Crippen molar-refractivity contribution in [3.63, 3.8) is 0 Å². The molecule has 4 heteroatoms. The first-order chi connectivity index (χ1) is 13.4. The molecule has 0 radical (unpaired) electrons. The van der Waals surface area contributed by atoms with Crippen LogP contribution in [0, 0.1) is 22.7 Å². The molecular weight excluding hydrogens is 400 g/mol. The molecule has 0 spiro atoms. The van der Waals surface area contributed by atoms with Crippen molar-refractivity contribution in [3.05, 3.63) is 12.7 Å². The normalized spacial score (nSPS) is 35.9. The second-order valence-corrected chi connectivity index (χ2v) is 23.3. The van der Waals surface area contributed by atoms with Crippen LogP contribution in [0.25, 0.3) is 0 Å². The Morgan fingerprint density at radius 3 is 1.93 bits per heavy atom. The van der Waals surface area contributed by atoms with Crippen molar-refractivity contribution in [2.24, 2.45) is 22.7 Å².